The van der Waals surface area contributed by atoms with Crippen molar-refractivity contribution in [1.82, 2.24) is 4.90 Å². The van der Waals surface area contributed by atoms with Gasteiger partial charge in [-0.25, -0.2) is 0 Å². The molecule has 0 N–H and O–H groups in total. The van der Waals surface area contributed by atoms with Crippen LogP contribution in [0, 0.1) is 11.8 Å². The van der Waals surface area contributed by atoms with Gasteiger partial charge in [-0.1, -0.05) is 28.1 Å². The first-order chi connectivity index (χ1) is 6.68. The van der Waals surface area contributed by atoms with Crippen molar-refractivity contribution in [2.24, 2.45) is 11.8 Å². The summed E-state index contributed by atoms with van der Waals surface area (Å²) in [5, 5.41) is 0. The number of rotatable bonds is 1. The zero-order valence-electron chi connectivity index (χ0n) is 8.45. The van der Waals surface area contributed by atoms with Gasteiger partial charge in [0.05, 0.1) is 4.83 Å². The summed E-state index contributed by atoms with van der Waals surface area (Å²) >= 11 is 3.34. The Bertz CT molecular complexity index is 246. The van der Waals surface area contributed by atoms with Gasteiger partial charge in [0.25, 0.3) is 0 Å². The summed E-state index contributed by atoms with van der Waals surface area (Å²) < 4.78 is 0. The van der Waals surface area contributed by atoms with E-state index in [1.54, 1.807) is 0 Å². The molecule has 0 aromatic carbocycles. The van der Waals surface area contributed by atoms with Crippen molar-refractivity contribution in [3.63, 3.8) is 0 Å². The zero-order chi connectivity index (χ0) is 10.1. The third-order valence-electron chi connectivity index (χ3n) is 3.27. The first-order valence-electron chi connectivity index (χ1n) is 5.26. The number of alkyl halides is 1. The number of amides is 1. The monoisotopic (exact) mass is 257 g/mol. The molecule has 3 unspecified atom stereocenters. The van der Waals surface area contributed by atoms with Gasteiger partial charge < -0.3 is 4.90 Å². The van der Waals surface area contributed by atoms with Crippen LogP contribution < -0.4 is 0 Å². The van der Waals surface area contributed by atoms with Crippen LogP contribution >= 0.6 is 15.9 Å². The Balaban J connectivity index is 1.98. The van der Waals surface area contributed by atoms with Gasteiger partial charge in [-0.3, -0.25) is 4.79 Å². The Morgan fingerprint density at radius 3 is 2.29 bits per heavy atom. The summed E-state index contributed by atoms with van der Waals surface area (Å²) in [7, 11) is 0. The highest BCUT2D eigenvalue weighted by Gasteiger charge is 2.35. The van der Waals surface area contributed by atoms with Gasteiger partial charge in [0.2, 0.25) is 5.91 Å². The molecule has 0 spiro atoms. The summed E-state index contributed by atoms with van der Waals surface area (Å²) in [5.41, 5.74) is 0. The maximum Gasteiger partial charge on any atom is 0.236 e. The summed E-state index contributed by atoms with van der Waals surface area (Å²) in [6.45, 7) is 3.83. The van der Waals surface area contributed by atoms with Gasteiger partial charge in [0.1, 0.15) is 0 Å². The number of carbonyl (C=O) groups excluding carboxylic acids is 1. The van der Waals surface area contributed by atoms with Crippen molar-refractivity contribution in [1.29, 1.82) is 0 Å². The lowest BCUT2D eigenvalue weighted by molar-refractivity contribution is -0.129. The molecule has 2 nitrogen and oxygen atoms in total. The molecule has 3 heteroatoms. The summed E-state index contributed by atoms with van der Waals surface area (Å²) in [6, 6.07) is 0. The maximum absolute atomic E-state index is 11.7. The fourth-order valence-corrected chi connectivity index (χ4v) is 2.74. The number of halogens is 1. The molecule has 0 saturated carbocycles. The number of carbonyl (C=O) groups is 1. The second-order valence-corrected chi connectivity index (χ2v) is 5.70. The van der Waals surface area contributed by atoms with Crippen LogP contribution in [0.1, 0.15) is 19.8 Å². The lowest BCUT2D eigenvalue weighted by Crippen LogP contribution is -2.33. The standard InChI is InChI=1S/C11H16BrNO/c1-8(12)11(14)13-6-9-4-2-3-5-10(9)7-13/h2-3,8-10H,4-7H2,1H3. The van der Waals surface area contributed by atoms with E-state index >= 15 is 0 Å². The van der Waals surface area contributed by atoms with Gasteiger partial charge in [0, 0.05) is 13.1 Å². The topological polar surface area (TPSA) is 20.3 Å². The van der Waals surface area contributed by atoms with Gasteiger partial charge in [-0.15, -0.1) is 0 Å². The number of hydrogen-bond acceptors (Lipinski definition) is 1. The molecule has 2 rings (SSSR count). The number of likely N-dealkylation sites (tertiary alicyclic amines) is 1. The van der Waals surface area contributed by atoms with Gasteiger partial charge in [0.15, 0.2) is 0 Å². The zero-order valence-corrected chi connectivity index (χ0v) is 10.0. The number of nitrogens with zero attached hydrogens (tertiary/aromatic N) is 1. The van der Waals surface area contributed by atoms with E-state index in [4.69, 9.17) is 0 Å². The largest absolute Gasteiger partial charge is 0.341 e. The Morgan fingerprint density at radius 1 is 1.36 bits per heavy atom. The van der Waals surface area contributed by atoms with Crippen LogP contribution in [0.5, 0.6) is 0 Å². The van der Waals surface area contributed by atoms with Crippen molar-refractivity contribution in [3.8, 4) is 0 Å². The average molecular weight is 258 g/mol. The molecule has 78 valence electrons. The second kappa shape index (κ2) is 4.05. The summed E-state index contributed by atoms with van der Waals surface area (Å²) in [4.78, 5) is 13.7. The van der Waals surface area contributed by atoms with Crippen LogP contribution in [0.2, 0.25) is 0 Å². The SMILES string of the molecule is CC(Br)C(=O)N1CC2CC=CCC2C1. The molecule has 1 saturated heterocycles. The summed E-state index contributed by atoms with van der Waals surface area (Å²) in [6.07, 6.45) is 6.83. The second-order valence-electron chi connectivity index (χ2n) is 4.32. The Morgan fingerprint density at radius 2 is 1.86 bits per heavy atom. The average Bonchev–Trinajstić information content (AvgIpc) is 2.59. The maximum atomic E-state index is 11.7. The lowest BCUT2D eigenvalue weighted by atomic mass is 9.86. The molecular weight excluding hydrogens is 242 g/mol. The molecule has 1 heterocycles. The van der Waals surface area contributed by atoms with Crippen molar-refractivity contribution in [2.45, 2.75) is 24.6 Å². The molecule has 2 aliphatic rings. The van der Waals surface area contributed by atoms with Crippen LogP contribution in [0.4, 0.5) is 0 Å². The van der Waals surface area contributed by atoms with E-state index in [0.29, 0.717) is 0 Å². The highest BCUT2D eigenvalue weighted by atomic mass is 79.9. The first kappa shape index (κ1) is 10.2. The third-order valence-corrected chi connectivity index (χ3v) is 3.66. The van der Waals surface area contributed by atoms with E-state index in [9.17, 15) is 4.79 Å². The molecule has 1 fully saturated rings. The predicted octanol–water partition coefficient (Wildman–Crippen LogP) is 2.19. The number of fused-ring (bicyclic) bond motifs is 1. The molecule has 1 aliphatic heterocycles. The van der Waals surface area contributed by atoms with Crippen molar-refractivity contribution < 1.29 is 4.79 Å². The Kier molecular flexibility index (Phi) is 2.96. The normalized spacial score (nSPS) is 32.9. The fraction of sp³-hybridized carbons (Fsp3) is 0.727. The van der Waals surface area contributed by atoms with E-state index < -0.39 is 0 Å². The van der Waals surface area contributed by atoms with Crippen molar-refractivity contribution >= 4 is 21.8 Å². The van der Waals surface area contributed by atoms with Crippen LogP contribution in [-0.2, 0) is 4.79 Å². The predicted molar refractivity (Wildman–Crippen MR) is 60.3 cm³/mol. The number of allylic oxidation sites excluding steroid dienone is 2. The molecule has 0 radical (unpaired) electrons. The van der Waals surface area contributed by atoms with E-state index in [1.165, 1.54) is 0 Å². The minimum absolute atomic E-state index is 0.0318. The minimum atomic E-state index is -0.0318. The van der Waals surface area contributed by atoms with Crippen LogP contribution in [-0.4, -0.2) is 28.7 Å². The molecule has 0 aromatic heterocycles. The fourth-order valence-electron chi connectivity index (χ4n) is 2.45. The smallest absolute Gasteiger partial charge is 0.236 e. The molecule has 3 atom stereocenters. The lowest BCUT2D eigenvalue weighted by Gasteiger charge is -2.17. The molecule has 1 amide bonds. The van der Waals surface area contributed by atoms with Crippen LogP contribution in [0.25, 0.3) is 0 Å². The quantitative estimate of drug-likeness (QED) is 0.521. The van der Waals surface area contributed by atoms with Gasteiger partial charge in [-0.2, -0.15) is 0 Å². The minimum Gasteiger partial charge on any atom is -0.341 e. The van der Waals surface area contributed by atoms with E-state index in [-0.39, 0.29) is 10.7 Å². The third kappa shape index (κ3) is 1.88. The van der Waals surface area contributed by atoms with Crippen LogP contribution in [0.3, 0.4) is 0 Å². The van der Waals surface area contributed by atoms with Crippen molar-refractivity contribution in [2.75, 3.05) is 13.1 Å². The highest BCUT2D eigenvalue weighted by molar-refractivity contribution is 9.10. The van der Waals surface area contributed by atoms with Gasteiger partial charge >= 0.3 is 0 Å². The molecular formula is C11H16BrNO. The molecule has 14 heavy (non-hydrogen) atoms. The van der Waals surface area contributed by atoms with E-state index in [0.717, 1.165) is 37.8 Å². The number of hydrogen-bond donors (Lipinski definition) is 0. The van der Waals surface area contributed by atoms with E-state index in [2.05, 4.69) is 28.1 Å². The Hall–Kier alpha value is -0.310. The van der Waals surface area contributed by atoms with Gasteiger partial charge in [-0.05, 0) is 31.6 Å². The molecule has 1 aliphatic carbocycles. The Labute approximate surface area is 93.5 Å². The van der Waals surface area contributed by atoms with E-state index in [1.807, 2.05) is 11.8 Å². The van der Waals surface area contributed by atoms with Crippen LogP contribution in [0.15, 0.2) is 12.2 Å². The summed E-state index contributed by atoms with van der Waals surface area (Å²) in [5.74, 6) is 1.68. The highest BCUT2D eigenvalue weighted by Crippen LogP contribution is 2.33. The first-order valence-corrected chi connectivity index (χ1v) is 6.18. The molecule has 0 aromatic rings. The molecule has 0 bridgehead atoms. The van der Waals surface area contributed by atoms with Crippen molar-refractivity contribution in [3.05, 3.63) is 12.2 Å².